The van der Waals surface area contributed by atoms with Crippen molar-refractivity contribution in [3.05, 3.63) is 29.8 Å². The smallest absolute Gasteiger partial charge is 0.399 e. The molecule has 0 spiro atoms. The van der Waals surface area contributed by atoms with E-state index in [0.717, 1.165) is 18.6 Å². The lowest BCUT2D eigenvalue weighted by molar-refractivity contribution is 0.00578. The van der Waals surface area contributed by atoms with E-state index in [4.69, 9.17) is 9.31 Å². The van der Waals surface area contributed by atoms with Crippen LogP contribution in [0.25, 0.3) is 0 Å². The highest BCUT2D eigenvalue weighted by molar-refractivity contribution is 6.62. The van der Waals surface area contributed by atoms with Crippen molar-refractivity contribution in [3.63, 3.8) is 0 Å². The van der Waals surface area contributed by atoms with Crippen LogP contribution in [0.15, 0.2) is 24.3 Å². The van der Waals surface area contributed by atoms with Crippen LogP contribution in [0.5, 0.6) is 0 Å². The molecule has 130 valence electrons. The van der Waals surface area contributed by atoms with Crippen LogP contribution in [0, 0.1) is 0 Å². The van der Waals surface area contributed by atoms with Gasteiger partial charge in [-0.1, -0.05) is 12.1 Å². The average Bonchev–Trinajstić information content (AvgIpc) is 2.65. The van der Waals surface area contributed by atoms with Gasteiger partial charge in [-0.15, -0.1) is 0 Å². The first-order valence-corrected chi connectivity index (χ1v) is 8.52. The fourth-order valence-electron chi connectivity index (χ4n) is 2.89. The molecule has 2 fully saturated rings. The van der Waals surface area contributed by atoms with E-state index in [-0.39, 0.29) is 24.2 Å². The zero-order chi connectivity index (χ0) is 17.7. The maximum Gasteiger partial charge on any atom is 0.494 e. The van der Waals surface area contributed by atoms with Gasteiger partial charge in [0.1, 0.15) is 0 Å². The number of likely N-dealkylation sites (N-methyl/N-ethyl adjacent to an activating group) is 1. The predicted molar refractivity (Wildman–Crippen MR) is 95.5 cm³/mol. The number of likely N-dealkylation sites (tertiary alicyclic amines) is 1. The van der Waals surface area contributed by atoms with Gasteiger partial charge in [0.05, 0.1) is 11.2 Å². The molecule has 24 heavy (non-hydrogen) atoms. The molecule has 2 saturated heterocycles. The Balaban J connectivity index is 1.66. The molecule has 0 aromatic heterocycles. The zero-order valence-corrected chi connectivity index (χ0v) is 15.5. The summed E-state index contributed by atoms with van der Waals surface area (Å²) in [5.41, 5.74) is 0.947. The molecule has 0 radical (unpaired) electrons. The molecule has 5 nitrogen and oxygen atoms in total. The third-order valence-corrected chi connectivity index (χ3v) is 5.56. The second-order valence-corrected chi connectivity index (χ2v) is 8.04. The number of rotatable bonds is 3. The van der Waals surface area contributed by atoms with Gasteiger partial charge in [-0.2, -0.15) is 0 Å². The molecular weight excluding hydrogens is 303 g/mol. The highest BCUT2D eigenvalue weighted by Gasteiger charge is 2.51. The molecule has 0 aliphatic carbocycles. The summed E-state index contributed by atoms with van der Waals surface area (Å²) < 4.78 is 12.1. The van der Waals surface area contributed by atoms with Crippen LogP contribution in [0.3, 0.4) is 0 Å². The van der Waals surface area contributed by atoms with Crippen LogP contribution in [0.1, 0.15) is 38.1 Å². The second-order valence-electron chi connectivity index (χ2n) is 8.04. The minimum absolute atomic E-state index is 0.0913. The number of hydrogen-bond acceptors (Lipinski definition) is 4. The molecular formula is C18H27BN2O3. The Bertz CT molecular complexity index is 606. The normalized spacial score (nSPS) is 22.8. The Hall–Kier alpha value is -1.37. The summed E-state index contributed by atoms with van der Waals surface area (Å²) in [6, 6.07) is 8.06. The Morgan fingerprint density at radius 2 is 1.58 bits per heavy atom. The fraction of sp³-hybridized carbons (Fsp3) is 0.611. The monoisotopic (exact) mass is 330 g/mol. The summed E-state index contributed by atoms with van der Waals surface area (Å²) in [5.74, 6) is 0.0913. The van der Waals surface area contributed by atoms with Gasteiger partial charge in [-0.3, -0.25) is 4.79 Å². The number of carbonyl (C=O) groups excluding carboxylic acids is 1. The van der Waals surface area contributed by atoms with Crippen molar-refractivity contribution in [3.8, 4) is 0 Å². The van der Waals surface area contributed by atoms with Crippen molar-refractivity contribution in [2.75, 3.05) is 27.2 Å². The van der Waals surface area contributed by atoms with Gasteiger partial charge >= 0.3 is 7.12 Å². The van der Waals surface area contributed by atoms with Crippen LogP contribution < -0.4 is 5.46 Å². The number of nitrogens with zero attached hydrogens (tertiary/aromatic N) is 2. The molecule has 1 aromatic rings. The molecule has 1 aromatic carbocycles. The molecule has 1 amide bonds. The van der Waals surface area contributed by atoms with Crippen LogP contribution >= 0.6 is 0 Å². The van der Waals surface area contributed by atoms with Crippen molar-refractivity contribution >= 4 is 18.5 Å². The largest absolute Gasteiger partial charge is 0.494 e. The van der Waals surface area contributed by atoms with Gasteiger partial charge in [0.25, 0.3) is 5.91 Å². The summed E-state index contributed by atoms with van der Waals surface area (Å²) in [4.78, 5) is 16.5. The lowest BCUT2D eigenvalue weighted by Gasteiger charge is -2.42. The molecule has 6 heteroatoms. The molecule has 0 atom stereocenters. The molecule has 0 bridgehead atoms. The quantitative estimate of drug-likeness (QED) is 0.785. The molecule has 0 N–H and O–H groups in total. The Morgan fingerprint density at radius 1 is 1.08 bits per heavy atom. The standard InChI is InChI=1S/C18H27BN2O3/c1-17(2)18(3,4)24-19(23-17)14-9-7-13(8-10-14)16(22)21-11-15(12-21)20(5)6/h7-10,15H,11-12H2,1-6H3. The van der Waals surface area contributed by atoms with Gasteiger partial charge in [-0.25, -0.2) is 0 Å². The first-order valence-electron chi connectivity index (χ1n) is 8.52. The highest BCUT2D eigenvalue weighted by Crippen LogP contribution is 2.36. The predicted octanol–water partition coefficient (Wildman–Crippen LogP) is 1.37. The zero-order valence-electron chi connectivity index (χ0n) is 15.5. The number of amides is 1. The Kier molecular flexibility index (Phi) is 4.27. The summed E-state index contributed by atoms with van der Waals surface area (Å²) in [6.07, 6.45) is 0. The van der Waals surface area contributed by atoms with E-state index in [2.05, 4.69) is 4.90 Å². The average molecular weight is 330 g/mol. The van der Waals surface area contributed by atoms with Gasteiger partial charge in [-0.05, 0) is 59.4 Å². The van der Waals surface area contributed by atoms with E-state index in [0.29, 0.717) is 11.6 Å². The topological polar surface area (TPSA) is 42.0 Å². The van der Waals surface area contributed by atoms with Crippen molar-refractivity contribution in [1.29, 1.82) is 0 Å². The van der Waals surface area contributed by atoms with Crippen LogP contribution in [-0.2, 0) is 9.31 Å². The van der Waals surface area contributed by atoms with E-state index < -0.39 is 0 Å². The maximum atomic E-state index is 12.5. The van der Waals surface area contributed by atoms with Crippen molar-refractivity contribution in [2.24, 2.45) is 0 Å². The summed E-state index contributed by atoms with van der Waals surface area (Å²) in [5, 5.41) is 0. The number of hydrogen-bond donors (Lipinski definition) is 0. The maximum absolute atomic E-state index is 12.5. The molecule has 2 aliphatic rings. The van der Waals surface area contributed by atoms with Crippen molar-refractivity contribution in [2.45, 2.75) is 44.9 Å². The van der Waals surface area contributed by atoms with Crippen molar-refractivity contribution < 1.29 is 14.1 Å². The number of benzene rings is 1. The van der Waals surface area contributed by atoms with Gasteiger partial charge < -0.3 is 19.1 Å². The van der Waals surface area contributed by atoms with E-state index in [1.165, 1.54) is 0 Å². The van der Waals surface area contributed by atoms with Crippen LogP contribution in [-0.4, -0.2) is 67.3 Å². The van der Waals surface area contributed by atoms with Gasteiger partial charge in [0.2, 0.25) is 0 Å². The second kappa shape index (κ2) is 5.86. The van der Waals surface area contributed by atoms with Gasteiger partial charge in [0.15, 0.2) is 0 Å². The third-order valence-electron chi connectivity index (χ3n) is 5.56. The van der Waals surface area contributed by atoms with E-state index >= 15 is 0 Å². The van der Waals surface area contributed by atoms with E-state index in [1.54, 1.807) is 0 Å². The summed E-state index contributed by atoms with van der Waals surface area (Å²) in [6.45, 7) is 9.74. The molecule has 0 unspecified atom stereocenters. The molecule has 2 aliphatic heterocycles. The Labute approximate surface area is 145 Å². The fourth-order valence-corrected chi connectivity index (χ4v) is 2.89. The minimum atomic E-state index is -0.388. The Morgan fingerprint density at radius 3 is 2.04 bits per heavy atom. The van der Waals surface area contributed by atoms with E-state index in [1.807, 2.05) is 71.0 Å². The first-order chi connectivity index (χ1) is 11.1. The van der Waals surface area contributed by atoms with Crippen LogP contribution in [0.2, 0.25) is 0 Å². The first kappa shape index (κ1) is 17.5. The number of carbonyl (C=O) groups is 1. The third kappa shape index (κ3) is 2.98. The lowest BCUT2D eigenvalue weighted by atomic mass is 9.79. The SMILES string of the molecule is CN(C)C1CN(C(=O)c2ccc(B3OC(C)(C)C(C)(C)O3)cc2)C1. The summed E-state index contributed by atoms with van der Waals surface area (Å²) in [7, 11) is 3.71. The lowest BCUT2D eigenvalue weighted by Crippen LogP contribution is -2.59. The van der Waals surface area contributed by atoms with E-state index in [9.17, 15) is 4.79 Å². The van der Waals surface area contributed by atoms with Gasteiger partial charge in [0, 0.05) is 24.7 Å². The molecule has 2 heterocycles. The summed E-state index contributed by atoms with van der Waals surface area (Å²) >= 11 is 0. The highest BCUT2D eigenvalue weighted by atomic mass is 16.7. The minimum Gasteiger partial charge on any atom is -0.399 e. The van der Waals surface area contributed by atoms with Crippen LogP contribution in [0.4, 0.5) is 0 Å². The van der Waals surface area contributed by atoms with Crippen molar-refractivity contribution in [1.82, 2.24) is 9.80 Å². The molecule has 3 rings (SSSR count). The molecule has 0 saturated carbocycles.